The number of nitrogens with zero attached hydrogens (tertiary/aromatic N) is 2. The average Bonchev–Trinajstić information content (AvgIpc) is 2.92. The van der Waals surface area contributed by atoms with Crippen LogP contribution in [0.1, 0.15) is 65.8 Å². The number of nitrogens with two attached hydrogens (primary N) is 1. The number of benzene rings is 1. The zero-order valence-corrected chi connectivity index (χ0v) is 19.3. The maximum absolute atomic E-state index is 11.1. The molecule has 0 fully saturated rings. The average molecular weight is 415 g/mol. The van der Waals surface area contributed by atoms with Crippen molar-refractivity contribution in [2.75, 3.05) is 6.54 Å². The zero-order valence-electron chi connectivity index (χ0n) is 19.3. The van der Waals surface area contributed by atoms with Gasteiger partial charge in [-0.2, -0.15) is 0 Å². The molecule has 1 aromatic carbocycles. The van der Waals surface area contributed by atoms with Gasteiger partial charge in [0.15, 0.2) is 5.76 Å². The predicted octanol–water partition coefficient (Wildman–Crippen LogP) is 4.42. The topological polar surface area (TPSA) is 93.2 Å². The highest BCUT2D eigenvalue weighted by atomic mass is 16.3. The first-order valence-corrected chi connectivity index (χ1v) is 10.9. The molecule has 2 aromatic rings. The van der Waals surface area contributed by atoms with E-state index in [1.165, 1.54) is 6.08 Å². The molecule has 0 saturated heterocycles. The Morgan fingerprint density at radius 2 is 2.00 bits per heavy atom. The molecule has 1 unspecified atom stereocenters. The van der Waals surface area contributed by atoms with Crippen molar-refractivity contribution in [2.24, 2.45) is 17.1 Å². The molecule has 0 aliphatic carbocycles. The minimum Gasteiger partial charge on any atom is -0.503 e. The molecule has 0 spiro atoms. The van der Waals surface area contributed by atoms with Crippen LogP contribution in [0.4, 0.5) is 0 Å². The number of nitrogens with one attached hydrogen (secondary N) is 1. The van der Waals surface area contributed by atoms with Crippen LogP contribution < -0.4 is 11.1 Å². The fourth-order valence-electron chi connectivity index (χ4n) is 3.98. The van der Waals surface area contributed by atoms with Gasteiger partial charge in [-0.15, -0.1) is 0 Å². The molecule has 6 heteroatoms. The number of aryl methyl sites for hydroxylation is 1. The Bertz CT molecular complexity index is 890. The molecular formula is C24H38N4O2. The van der Waals surface area contributed by atoms with Crippen molar-refractivity contribution >= 4 is 23.0 Å². The Morgan fingerprint density at radius 1 is 1.30 bits per heavy atom. The van der Waals surface area contributed by atoms with Crippen molar-refractivity contribution < 1.29 is 9.90 Å². The van der Waals surface area contributed by atoms with E-state index < -0.39 is 11.7 Å². The Morgan fingerprint density at radius 3 is 2.60 bits per heavy atom. The molecule has 0 radical (unpaired) electrons. The number of carbonyl (C=O) groups excluding carboxylic acids is 1. The number of hydrogen-bond donors (Lipinski definition) is 3. The van der Waals surface area contributed by atoms with Crippen LogP contribution in [0, 0.1) is 11.3 Å². The van der Waals surface area contributed by atoms with E-state index in [4.69, 9.17) is 10.7 Å². The van der Waals surface area contributed by atoms with Gasteiger partial charge in [0.1, 0.15) is 5.82 Å². The normalized spacial score (nSPS) is 13.9. The van der Waals surface area contributed by atoms with Crippen LogP contribution >= 0.6 is 0 Å². The fraction of sp³-hybridized carbons (Fsp3) is 0.583. The lowest BCUT2D eigenvalue weighted by atomic mass is 9.84. The van der Waals surface area contributed by atoms with Gasteiger partial charge < -0.3 is 20.7 Å². The predicted molar refractivity (Wildman–Crippen MR) is 124 cm³/mol. The number of aliphatic hydroxyl groups excluding tert-OH is 1. The van der Waals surface area contributed by atoms with Crippen LogP contribution in [0.3, 0.4) is 0 Å². The van der Waals surface area contributed by atoms with E-state index >= 15 is 0 Å². The third-order valence-corrected chi connectivity index (χ3v) is 5.01. The molecule has 1 amide bonds. The maximum Gasteiger partial charge on any atom is 0.283 e. The van der Waals surface area contributed by atoms with Crippen LogP contribution in [-0.4, -0.2) is 33.2 Å². The van der Waals surface area contributed by atoms with Gasteiger partial charge in [-0.3, -0.25) is 4.79 Å². The molecule has 0 aliphatic rings. The van der Waals surface area contributed by atoms with E-state index in [0.29, 0.717) is 17.5 Å². The number of primary amides is 1. The van der Waals surface area contributed by atoms with Gasteiger partial charge in [0, 0.05) is 19.0 Å². The first kappa shape index (κ1) is 23.9. The number of rotatable bonds is 10. The van der Waals surface area contributed by atoms with Crippen LogP contribution in [0.5, 0.6) is 0 Å². The quantitative estimate of drug-likeness (QED) is 0.305. The maximum atomic E-state index is 11.1. The summed E-state index contributed by atoms with van der Waals surface area (Å²) in [6, 6.07) is 6.27. The lowest BCUT2D eigenvalue weighted by Gasteiger charge is -2.23. The largest absolute Gasteiger partial charge is 0.503 e. The van der Waals surface area contributed by atoms with Crippen LogP contribution in [0.2, 0.25) is 0 Å². The Balaban J connectivity index is 2.33. The van der Waals surface area contributed by atoms with Gasteiger partial charge in [-0.1, -0.05) is 47.6 Å². The summed E-state index contributed by atoms with van der Waals surface area (Å²) in [6.45, 7) is 15.3. The van der Waals surface area contributed by atoms with Crippen molar-refractivity contribution in [2.45, 2.75) is 73.4 Å². The summed E-state index contributed by atoms with van der Waals surface area (Å²) in [5, 5.41) is 13.2. The smallest absolute Gasteiger partial charge is 0.283 e. The second kappa shape index (κ2) is 10.1. The van der Waals surface area contributed by atoms with Crippen molar-refractivity contribution in [1.29, 1.82) is 0 Å². The summed E-state index contributed by atoms with van der Waals surface area (Å²) in [7, 11) is 0. The number of imidazole rings is 1. The molecule has 2 rings (SSSR count). The summed E-state index contributed by atoms with van der Waals surface area (Å²) < 4.78 is 2.32. The SMILES string of the molecule is CC(Cc1nc2cc(C=C(O)C(N)=O)ccc2n1CCCNC(C)C)CC(C)(C)C. The summed E-state index contributed by atoms with van der Waals surface area (Å²) >= 11 is 0. The van der Waals surface area contributed by atoms with E-state index in [1.807, 2.05) is 18.2 Å². The van der Waals surface area contributed by atoms with E-state index in [-0.39, 0.29) is 5.41 Å². The van der Waals surface area contributed by atoms with Crippen LogP contribution in [0.15, 0.2) is 24.0 Å². The van der Waals surface area contributed by atoms with E-state index in [1.54, 1.807) is 0 Å². The van der Waals surface area contributed by atoms with E-state index in [2.05, 4.69) is 51.4 Å². The van der Waals surface area contributed by atoms with E-state index in [9.17, 15) is 9.90 Å². The number of amides is 1. The highest BCUT2D eigenvalue weighted by Crippen LogP contribution is 2.28. The molecule has 1 aromatic heterocycles. The number of aliphatic hydroxyl groups is 1. The molecule has 0 bridgehead atoms. The Labute approximate surface area is 180 Å². The molecule has 1 heterocycles. The van der Waals surface area contributed by atoms with Crippen LogP contribution in [0.25, 0.3) is 17.1 Å². The lowest BCUT2D eigenvalue weighted by molar-refractivity contribution is -0.116. The molecule has 0 aliphatic heterocycles. The first-order valence-electron chi connectivity index (χ1n) is 10.9. The van der Waals surface area contributed by atoms with Gasteiger partial charge in [0.25, 0.3) is 5.91 Å². The standard InChI is InChI=1S/C24H38N4O2/c1-16(2)26-10-7-11-28-20-9-8-18(14-21(29)23(25)30)13-19(20)27-22(28)12-17(3)15-24(4,5)6/h8-9,13-14,16-17,26,29H,7,10-12,15H2,1-6H3,(H2,25,30). The highest BCUT2D eigenvalue weighted by Gasteiger charge is 2.19. The van der Waals surface area contributed by atoms with Crippen molar-refractivity contribution in [3.8, 4) is 0 Å². The van der Waals surface area contributed by atoms with Gasteiger partial charge in [0.05, 0.1) is 11.0 Å². The molecule has 166 valence electrons. The van der Waals surface area contributed by atoms with Crippen LogP contribution in [-0.2, 0) is 17.8 Å². The minimum atomic E-state index is -0.838. The zero-order chi connectivity index (χ0) is 22.5. The first-order chi connectivity index (χ1) is 14.0. The number of carbonyl (C=O) groups is 1. The van der Waals surface area contributed by atoms with Gasteiger partial charge in [-0.05, 0) is 54.5 Å². The molecule has 6 nitrogen and oxygen atoms in total. The number of fused-ring (bicyclic) bond motifs is 1. The van der Waals surface area contributed by atoms with Crippen molar-refractivity contribution in [3.05, 3.63) is 35.3 Å². The third-order valence-electron chi connectivity index (χ3n) is 5.01. The summed E-state index contributed by atoms with van der Waals surface area (Å²) in [5.41, 5.74) is 8.07. The highest BCUT2D eigenvalue weighted by molar-refractivity contribution is 5.94. The molecule has 1 atom stereocenters. The molecule has 30 heavy (non-hydrogen) atoms. The van der Waals surface area contributed by atoms with Gasteiger partial charge >= 0.3 is 0 Å². The summed E-state index contributed by atoms with van der Waals surface area (Å²) in [4.78, 5) is 16.1. The van der Waals surface area contributed by atoms with E-state index in [0.717, 1.165) is 49.2 Å². The summed E-state index contributed by atoms with van der Waals surface area (Å²) in [5.74, 6) is 0.321. The summed E-state index contributed by atoms with van der Waals surface area (Å²) in [6.07, 6.45) is 4.45. The Kier molecular flexibility index (Phi) is 8.07. The lowest BCUT2D eigenvalue weighted by Crippen LogP contribution is -2.24. The van der Waals surface area contributed by atoms with Gasteiger partial charge in [-0.25, -0.2) is 4.98 Å². The fourth-order valence-corrected chi connectivity index (χ4v) is 3.98. The van der Waals surface area contributed by atoms with Gasteiger partial charge in [0.2, 0.25) is 0 Å². The van der Waals surface area contributed by atoms with Crippen molar-refractivity contribution in [1.82, 2.24) is 14.9 Å². The second-order valence-electron chi connectivity index (χ2n) is 9.86. The van der Waals surface area contributed by atoms with Crippen molar-refractivity contribution in [3.63, 3.8) is 0 Å². The number of aromatic nitrogens is 2. The molecule has 4 N–H and O–H groups in total. The monoisotopic (exact) mass is 414 g/mol. The Hall–Kier alpha value is -2.34. The number of hydrogen-bond acceptors (Lipinski definition) is 4. The second-order valence-corrected chi connectivity index (χ2v) is 9.86. The molecular weight excluding hydrogens is 376 g/mol. The third kappa shape index (κ3) is 7.17. The molecule has 0 saturated carbocycles. The minimum absolute atomic E-state index is 0.279.